The van der Waals surface area contributed by atoms with Gasteiger partial charge in [-0.25, -0.2) is 9.78 Å². The molecule has 2 aromatic rings. The van der Waals surface area contributed by atoms with E-state index in [4.69, 9.17) is 14.7 Å². The zero-order valence-corrected chi connectivity index (χ0v) is 11.9. The number of thiazole rings is 1. The molecule has 0 spiro atoms. The minimum absolute atomic E-state index is 0.302. The second kappa shape index (κ2) is 6.17. The van der Waals surface area contributed by atoms with E-state index in [0.29, 0.717) is 28.6 Å². The maximum atomic E-state index is 11.6. The number of methoxy groups -OCH3 is 1. The molecule has 0 amide bonds. The lowest BCUT2D eigenvalue weighted by molar-refractivity contribution is 0.0526. The molecule has 5 nitrogen and oxygen atoms in total. The highest BCUT2D eigenvalue weighted by molar-refractivity contribution is 7.11. The largest absolute Gasteiger partial charge is 0.495 e. The molecule has 1 aromatic heterocycles. The molecular formula is C14H12N2O3S. The smallest absolute Gasteiger partial charge is 0.367 e. The molecule has 0 aliphatic heterocycles. The molecule has 1 aromatic carbocycles. The minimum atomic E-state index is -0.433. The summed E-state index contributed by atoms with van der Waals surface area (Å²) in [6.07, 6.45) is 0. The number of hydrogen-bond donors (Lipinski definition) is 0. The fraction of sp³-hybridized carbons (Fsp3) is 0.214. The summed E-state index contributed by atoms with van der Waals surface area (Å²) in [5.41, 5.74) is 1.82. The van der Waals surface area contributed by atoms with Crippen molar-refractivity contribution in [2.24, 2.45) is 0 Å². The van der Waals surface area contributed by atoms with Crippen molar-refractivity contribution in [3.63, 3.8) is 0 Å². The van der Waals surface area contributed by atoms with Crippen LogP contribution in [-0.4, -0.2) is 24.7 Å². The van der Waals surface area contributed by atoms with Crippen LogP contribution in [0.5, 0.6) is 5.75 Å². The summed E-state index contributed by atoms with van der Waals surface area (Å²) >= 11 is 1.22. The third-order valence-corrected chi connectivity index (χ3v) is 3.39. The Morgan fingerprint density at radius 2 is 2.30 bits per heavy atom. The Morgan fingerprint density at radius 3 is 2.95 bits per heavy atom. The molecule has 102 valence electrons. The summed E-state index contributed by atoms with van der Waals surface area (Å²) in [6, 6.07) is 7.25. The van der Waals surface area contributed by atoms with Crippen LogP contribution in [0.2, 0.25) is 0 Å². The molecule has 0 unspecified atom stereocenters. The van der Waals surface area contributed by atoms with Gasteiger partial charge < -0.3 is 9.47 Å². The average molecular weight is 288 g/mol. The van der Waals surface area contributed by atoms with Crippen molar-refractivity contribution in [2.45, 2.75) is 6.92 Å². The van der Waals surface area contributed by atoms with E-state index in [1.165, 1.54) is 18.4 Å². The van der Waals surface area contributed by atoms with Gasteiger partial charge in [0.25, 0.3) is 0 Å². The summed E-state index contributed by atoms with van der Waals surface area (Å²) in [6.45, 7) is 2.06. The lowest BCUT2D eigenvalue weighted by Gasteiger charge is -2.03. The first kappa shape index (κ1) is 14.0. The van der Waals surface area contributed by atoms with E-state index in [2.05, 4.69) is 11.1 Å². The zero-order valence-electron chi connectivity index (χ0n) is 11.0. The molecule has 0 radical (unpaired) electrons. The molecule has 0 bridgehead atoms. The lowest BCUT2D eigenvalue weighted by atomic mass is 10.1. The van der Waals surface area contributed by atoms with Gasteiger partial charge in [0.1, 0.15) is 11.8 Å². The fourth-order valence-electron chi connectivity index (χ4n) is 1.65. The number of nitriles is 1. The Kier molecular flexibility index (Phi) is 4.33. The molecule has 0 aliphatic carbocycles. The normalized spacial score (nSPS) is 9.85. The van der Waals surface area contributed by atoms with Crippen LogP contribution in [-0.2, 0) is 4.74 Å². The van der Waals surface area contributed by atoms with Crippen LogP contribution in [0.15, 0.2) is 23.6 Å². The first-order valence-corrected chi connectivity index (χ1v) is 6.78. The van der Waals surface area contributed by atoms with Crippen LogP contribution in [0.25, 0.3) is 11.3 Å². The number of esters is 1. The summed E-state index contributed by atoms with van der Waals surface area (Å²) in [4.78, 5) is 15.8. The minimum Gasteiger partial charge on any atom is -0.495 e. The van der Waals surface area contributed by atoms with Crippen LogP contribution in [0.3, 0.4) is 0 Å². The van der Waals surface area contributed by atoms with Gasteiger partial charge in [-0.3, -0.25) is 0 Å². The molecule has 0 saturated heterocycles. The van der Waals surface area contributed by atoms with Crippen molar-refractivity contribution in [2.75, 3.05) is 13.7 Å². The molecule has 0 aliphatic rings. The summed E-state index contributed by atoms with van der Waals surface area (Å²) in [5.74, 6) is 0.0786. The number of nitrogens with zero attached hydrogens (tertiary/aromatic N) is 2. The van der Waals surface area contributed by atoms with Crippen molar-refractivity contribution < 1.29 is 14.3 Å². The number of hydrogen-bond acceptors (Lipinski definition) is 6. The Balaban J connectivity index is 2.33. The standard InChI is InChI=1S/C14H12N2O3S/c1-3-19-14(17)13-16-11(8-20-13)9-4-5-12(18-2)10(6-9)7-15/h4-6,8H,3H2,1-2H3. The number of aromatic nitrogens is 1. The van der Waals surface area contributed by atoms with Crippen LogP contribution >= 0.6 is 11.3 Å². The van der Waals surface area contributed by atoms with Gasteiger partial charge in [0, 0.05) is 10.9 Å². The van der Waals surface area contributed by atoms with E-state index in [1.807, 2.05) is 0 Å². The van der Waals surface area contributed by atoms with Gasteiger partial charge in [-0.2, -0.15) is 5.26 Å². The Bertz CT molecular complexity index is 673. The molecule has 0 atom stereocenters. The summed E-state index contributed by atoms with van der Waals surface area (Å²) < 4.78 is 9.98. The monoisotopic (exact) mass is 288 g/mol. The number of benzene rings is 1. The predicted octanol–water partition coefficient (Wildman–Crippen LogP) is 2.87. The van der Waals surface area contributed by atoms with Crippen LogP contribution in [0, 0.1) is 11.3 Å². The second-order valence-electron chi connectivity index (χ2n) is 3.79. The van der Waals surface area contributed by atoms with Crippen LogP contribution in [0.1, 0.15) is 22.3 Å². The van der Waals surface area contributed by atoms with Crippen LogP contribution in [0.4, 0.5) is 0 Å². The van der Waals surface area contributed by atoms with Gasteiger partial charge in [0.15, 0.2) is 0 Å². The molecule has 0 saturated carbocycles. The molecule has 2 rings (SSSR count). The highest BCUT2D eigenvalue weighted by Gasteiger charge is 2.14. The Labute approximate surface area is 120 Å². The van der Waals surface area contributed by atoms with Gasteiger partial charge in [-0.05, 0) is 25.1 Å². The molecule has 1 heterocycles. The van der Waals surface area contributed by atoms with Gasteiger partial charge in [0.05, 0.1) is 25.0 Å². The first-order valence-electron chi connectivity index (χ1n) is 5.90. The van der Waals surface area contributed by atoms with Gasteiger partial charge in [-0.1, -0.05) is 0 Å². The van der Waals surface area contributed by atoms with E-state index in [0.717, 1.165) is 5.56 Å². The third-order valence-electron chi connectivity index (χ3n) is 2.57. The Hall–Kier alpha value is -2.39. The van der Waals surface area contributed by atoms with Gasteiger partial charge >= 0.3 is 5.97 Å². The van der Waals surface area contributed by atoms with Crippen molar-refractivity contribution >= 4 is 17.3 Å². The Morgan fingerprint density at radius 1 is 1.50 bits per heavy atom. The van der Waals surface area contributed by atoms with Gasteiger partial charge in [-0.15, -0.1) is 11.3 Å². The van der Waals surface area contributed by atoms with Crippen molar-refractivity contribution in [3.05, 3.63) is 34.2 Å². The van der Waals surface area contributed by atoms with E-state index in [-0.39, 0.29) is 0 Å². The SMILES string of the molecule is CCOC(=O)c1nc(-c2ccc(OC)c(C#N)c2)cs1. The molecule has 20 heavy (non-hydrogen) atoms. The number of carbonyl (C=O) groups is 1. The van der Waals surface area contributed by atoms with E-state index < -0.39 is 5.97 Å². The quantitative estimate of drug-likeness (QED) is 0.809. The molecule has 6 heteroatoms. The number of ether oxygens (including phenoxy) is 2. The highest BCUT2D eigenvalue weighted by atomic mass is 32.1. The number of carbonyl (C=O) groups excluding carboxylic acids is 1. The fourth-order valence-corrected chi connectivity index (χ4v) is 2.37. The average Bonchev–Trinajstić information content (AvgIpc) is 2.96. The van der Waals surface area contributed by atoms with Gasteiger partial charge in [0.2, 0.25) is 5.01 Å². The maximum absolute atomic E-state index is 11.6. The van der Waals surface area contributed by atoms with Crippen LogP contribution < -0.4 is 4.74 Å². The van der Waals surface area contributed by atoms with Crippen molar-refractivity contribution in [1.29, 1.82) is 5.26 Å². The molecule has 0 N–H and O–H groups in total. The van der Waals surface area contributed by atoms with Crippen molar-refractivity contribution in [1.82, 2.24) is 4.98 Å². The predicted molar refractivity (Wildman–Crippen MR) is 74.8 cm³/mol. The topological polar surface area (TPSA) is 72.2 Å². The zero-order chi connectivity index (χ0) is 14.5. The molecular weight excluding hydrogens is 276 g/mol. The molecule has 0 fully saturated rings. The summed E-state index contributed by atoms with van der Waals surface area (Å²) in [7, 11) is 1.51. The third kappa shape index (κ3) is 2.78. The van der Waals surface area contributed by atoms with Crippen molar-refractivity contribution in [3.8, 4) is 23.1 Å². The van der Waals surface area contributed by atoms with E-state index in [1.54, 1.807) is 30.5 Å². The maximum Gasteiger partial charge on any atom is 0.367 e. The van der Waals surface area contributed by atoms with E-state index >= 15 is 0 Å². The number of rotatable bonds is 4. The highest BCUT2D eigenvalue weighted by Crippen LogP contribution is 2.27. The lowest BCUT2D eigenvalue weighted by Crippen LogP contribution is -2.03. The first-order chi connectivity index (χ1) is 9.69. The summed E-state index contributed by atoms with van der Waals surface area (Å²) in [5, 5.41) is 11.1. The second-order valence-corrected chi connectivity index (χ2v) is 4.64. The van der Waals surface area contributed by atoms with E-state index in [9.17, 15) is 4.79 Å².